The maximum absolute atomic E-state index is 12.7. The zero-order valence-corrected chi connectivity index (χ0v) is 13.5. The normalized spacial score (nSPS) is 15.5. The van der Waals surface area contributed by atoms with Crippen LogP contribution in [0.1, 0.15) is 38.3 Å². The van der Waals surface area contributed by atoms with Crippen molar-refractivity contribution in [3.63, 3.8) is 0 Å². The van der Waals surface area contributed by atoms with Gasteiger partial charge >= 0.3 is 5.97 Å². The molecule has 0 saturated heterocycles. The van der Waals surface area contributed by atoms with Gasteiger partial charge in [-0.3, -0.25) is 4.79 Å². The molecule has 0 radical (unpaired) electrons. The molecule has 2 aromatic rings. The third kappa shape index (κ3) is 3.22. The average Bonchev–Trinajstić information content (AvgIpc) is 2.58. The van der Waals surface area contributed by atoms with E-state index in [1.54, 1.807) is 23.9 Å². The predicted molar refractivity (Wildman–Crippen MR) is 92.3 cm³/mol. The molecule has 116 valence electrons. The Morgan fingerprint density at radius 1 is 1.13 bits per heavy atom. The van der Waals surface area contributed by atoms with Crippen LogP contribution in [0.2, 0.25) is 0 Å². The number of aromatic carboxylic acids is 1. The fourth-order valence-corrected chi connectivity index (χ4v) is 3.14. The highest BCUT2D eigenvalue weighted by Crippen LogP contribution is 2.28. The van der Waals surface area contributed by atoms with Crippen molar-refractivity contribution in [2.45, 2.75) is 17.7 Å². The summed E-state index contributed by atoms with van der Waals surface area (Å²) in [5.74, 6) is -1.08. The van der Waals surface area contributed by atoms with Gasteiger partial charge in [0.1, 0.15) is 0 Å². The number of ketones is 1. The molecule has 3 rings (SSSR count). The van der Waals surface area contributed by atoms with Crippen LogP contribution in [-0.2, 0) is 6.42 Å². The number of fused-ring (bicyclic) bond motifs is 1. The topological polar surface area (TPSA) is 54.4 Å². The largest absolute Gasteiger partial charge is 0.478 e. The summed E-state index contributed by atoms with van der Waals surface area (Å²) in [6, 6.07) is 12.8. The van der Waals surface area contributed by atoms with Gasteiger partial charge in [0.05, 0.1) is 5.56 Å². The van der Waals surface area contributed by atoms with Gasteiger partial charge < -0.3 is 5.11 Å². The lowest BCUT2D eigenvalue weighted by Gasteiger charge is -2.18. The molecule has 0 aromatic heterocycles. The number of rotatable bonds is 3. The number of carboxylic acid groups (broad SMARTS) is 1. The molecule has 0 fully saturated rings. The molecule has 0 aliphatic heterocycles. The van der Waals surface area contributed by atoms with Crippen molar-refractivity contribution in [3.8, 4) is 0 Å². The molecule has 0 bridgehead atoms. The van der Waals surface area contributed by atoms with Crippen LogP contribution in [0.15, 0.2) is 52.9 Å². The van der Waals surface area contributed by atoms with Gasteiger partial charge in [-0.05, 0) is 60.6 Å². The lowest BCUT2D eigenvalue weighted by molar-refractivity contribution is 0.0697. The summed E-state index contributed by atoms with van der Waals surface area (Å²) in [6.07, 6.45) is 5.37. The highest BCUT2D eigenvalue weighted by atomic mass is 32.2. The Morgan fingerprint density at radius 3 is 2.52 bits per heavy atom. The quantitative estimate of drug-likeness (QED) is 0.675. The van der Waals surface area contributed by atoms with E-state index in [1.165, 1.54) is 11.0 Å². The molecule has 2 aromatic carbocycles. The van der Waals surface area contributed by atoms with Gasteiger partial charge in [0.25, 0.3) is 0 Å². The molecule has 0 saturated carbocycles. The molecule has 3 nitrogen and oxygen atoms in total. The summed E-state index contributed by atoms with van der Waals surface area (Å²) in [5.41, 5.74) is 3.32. The van der Waals surface area contributed by atoms with Gasteiger partial charge in [0, 0.05) is 16.0 Å². The highest BCUT2D eigenvalue weighted by molar-refractivity contribution is 7.98. The maximum Gasteiger partial charge on any atom is 0.335 e. The number of carbonyl (C=O) groups is 2. The molecule has 0 spiro atoms. The van der Waals surface area contributed by atoms with Gasteiger partial charge in [-0.2, -0.15) is 0 Å². The number of carboxylic acids is 1. The SMILES string of the molecule is CSc1ccc(/C=C2\CCc3ccc(C(=O)O)cc3C2=O)cc1. The number of hydrogen-bond acceptors (Lipinski definition) is 3. The summed E-state index contributed by atoms with van der Waals surface area (Å²) >= 11 is 1.68. The number of carbonyl (C=O) groups excluding carboxylic acids is 1. The van der Waals surface area contributed by atoms with Gasteiger partial charge in [-0.15, -0.1) is 11.8 Å². The molecule has 1 aliphatic rings. The van der Waals surface area contributed by atoms with Crippen molar-refractivity contribution in [2.75, 3.05) is 6.26 Å². The number of aryl methyl sites for hydroxylation is 1. The number of Topliss-reactive ketones (excluding diaryl/α,β-unsaturated/α-hetero) is 1. The van der Waals surface area contributed by atoms with Gasteiger partial charge in [-0.1, -0.05) is 18.2 Å². The fraction of sp³-hybridized carbons (Fsp3) is 0.158. The highest BCUT2D eigenvalue weighted by Gasteiger charge is 2.23. The second kappa shape index (κ2) is 6.42. The minimum Gasteiger partial charge on any atom is -0.478 e. The monoisotopic (exact) mass is 324 g/mol. The van der Waals surface area contributed by atoms with Crippen LogP contribution in [0, 0.1) is 0 Å². The number of thioether (sulfide) groups is 1. The third-order valence-electron chi connectivity index (χ3n) is 4.01. The van der Waals surface area contributed by atoms with Gasteiger partial charge in [0.15, 0.2) is 5.78 Å². The van der Waals surface area contributed by atoms with Gasteiger partial charge in [-0.25, -0.2) is 4.79 Å². The van der Waals surface area contributed by atoms with E-state index in [-0.39, 0.29) is 11.3 Å². The minimum absolute atomic E-state index is 0.0664. The van der Waals surface area contributed by atoms with Crippen molar-refractivity contribution in [3.05, 3.63) is 70.3 Å². The summed E-state index contributed by atoms with van der Waals surface area (Å²) < 4.78 is 0. The number of hydrogen-bond donors (Lipinski definition) is 1. The van der Waals surface area contributed by atoms with E-state index in [9.17, 15) is 9.59 Å². The van der Waals surface area contributed by atoms with Crippen molar-refractivity contribution in [1.82, 2.24) is 0 Å². The van der Waals surface area contributed by atoms with E-state index in [1.807, 2.05) is 36.6 Å². The first-order chi connectivity index (χ1) is 11.1. The molecular weight excluding hydrogens is 308 g/mol. The summed E-state index contributed by atoms with van der Waals surface area (Å²) in [4.78, 5) is 24.9. The van der Waals surface area contributed by atoms with E-state index in [2.05, 4.69) is 0 Å². The molecule has 0 heterocycles. The number of benzene rings is 2. The minimum atomic E-state index is -1.01. The predicted octanol–water partition coefficient (Wildman–Crippen LogP) is 4.32. The first-order valence-corrected chi connectivity index (χ1v) is 8.56. The molecule has 1 aliphatic carbocycles. The Labute approximate surface area is 139 Å². The zero-order valence-electron chi connectivity index (χ0n) is 12.7. The molecule has 0 unspecified atom stereocenters. The Morgan fingerprint density at radius 2 is 1.87 bits per heavy atom. The Hall–Kier alpha value is -2.33. The molecule has 0 amide bonds. The average molecular weight is 324 g/mol. The Kier molecular flexibility index (Phi) is 4.35. The second-order valence-electron chi connectivity index (χ2n) is 5.45. The fourth-order valence-electron chi connectivity index (χ4n) is 2.73. The Balaban J connectivity index is 1.94. The standard InChI is InChI=1S/C19H16O3S/c1-23-16-8-2-12(3-9-16)10-14-6-4-13-5-7-15(19(21)22)11-17(13)18(14)20/h2-3,5,7-11H,4,6H2,1H3,(H,21,22)/b14-10+. The third-order valence-corrected chi connectivity index (χ3v) is 4.76. The van der Waals surface area contributed by atoms with Crippen LogP contribution in [0.25, 0.3) is 6.08 Å². The molecular formula is C19H16O3S. The van der Waals surface area contributed by atoms with Crippen LogP contribution < -0.4 is 0 Å². The lowest BCUT2D eigenvalue weighted by atomic mass is 9.85. The smallest absolute Gasteiger partial charge is 0.335 e. The summed E-state index contributed by atoms with van der Waals surface area (Å²) in [7, 11) is 0. The first kappa shape index (κ1) is 15.6. The first-order valence-electron chi connectivity index (χ1n) is 7.34. The van der Waals surface area contributed by atoms with E-state index >= 15 is 0 Å². The molecule has 23 heavy (non-hydrogen) atoms. The molecule has 0 atom stereocenters. The van der Waals surface area contributed by atoms with Crippen molar-refractivity contribution in [1.29, 1.82) is 0 Å². The van der Waals surface area contributed by atoms with Crippen LogP contribution in [-0.4, -0.2) is 23.1 Å². The summed E-state index contributed by atoms with van der Waals surface area (Å²) in [6.45, 7) is 0. The lowest BCUT2D eigenvalue weighted by Crippen LogP contribution is -2.15. The van der Waals surface area contributed by atoms with Gasteiger partial charge in [0.2, 0.25) is 0 Å². The van der Waals surface area contributed by atoms with Crippen LogP contribution >= 0.6 is 11.8 Å². The number of allylic oxidation sites excluding steroid dienone is 1. The van der Waals surface area contributed by atoms with E-state index in [0.29, 0.717) is 12.0 Å². The zero-order chi connectivity index (χ0) is 16.4. The summed E-state index contributed by atoms with van der Waals surface area (Å²) in [5, 5.41) is 9.10. The molecule has 1 N–H and O–H groups in total. The maximum atomic E-state index is 12.7. The molecule has 4 heteroatoms. The second-order valence-corrected chi connectivity index (χ2v) is 6.33. The van der Waals surface area contributed by atoms with Crippen molar-refractivity contribution < 1.29 is 14.7 Å². The van der Waals surface area contributed by atoms with Crippen LogP contribution in [0.4, 0.5) is 0 Å². The van der Waals surface area contributed by atoms with E-state index < -0.39 is 5.97 Å². The van der Waals surface area contributed by atoms with E-state index in [4.69, 9.17) is 5.11 Å². The van der Waals surface area contributed by atoms with Crippen LogP contribution in [0.3, 0.4) is 0 Å². The van der Waals surface area contributed by atoms with E-state index in [0.717, 1.165) is 23.1 Å². The van der Waals surface area contributed by atoms with Crippen molar-refractivity contribution in [2.24, 2.45) is 0 Å². The Bertz CT molecular complexity index is 804. The van der Waals surface area contributed by atoms with Crippen LogP contribution in [0.5, 0.6) is 0 Å². The van der Waals surface area contributed by atoms with Crippen molar-refractivity contribution >= 4 is 29.6 Å².